The summed E-state index contributed by atoms with van der Waals surface area (Å²) in [5, 5.41) is 0.299. The van der Waals surface area contributed by atoms with Gasteiger partial charge < -0.3 is 4.53 Å². The van der Waals surface area contributed by atoms with Crippen LogP contribution in [0.2, 0.25) is 18.1 Å². The van der Waals surface area contributed by atoms with Crippen LogP contribution in [-0.2, 0) is 4.53 Å². The minimum atomic E-state index is -1.55. The molecule has 0 heterocycles. The van der Waals surface area contributed by atoms with E-state index in [0.29, 0.717) is 5.04 Å². The quantitative estimate of drug-likeness (QED) is 0.417. The highest BCUT2D eigenvalue weighted by Gasteiger charge is 2.37. The molecular weight excluding hydrogens is 166 g/mol. The lowest BCUT2D eigenvalue weighted by molar-refractivity contribution is 0.173. The molecular formula is C9H23NOSi. The highest BCUT2D eigenvalue weighted by atomic mass is 28.4. The van der Waals surface area contributed by atoms with Crippen molar-refractivity contribution in [2.45, 2.75) is 52.2 Å². The standard InChI is InChI=1S/C9H23NOSi/c1-7-8-10-11-12(5,6)9(2,3)4/h10H,7-8H2,1-6H3. The van der Waals surface area contributed by atoms with Crippen molar-refractivity contribution in [1.29, 1.82) is 0 Å². The summed E-state index contributed by atoms with van der Waals surface area (Å²) in [6.07, 6.45) is 1.12. The fourth-order valence-electron chi connectivity index (χ4n) is 0.487. The number of rotatable bonds is 4. The van der Waals surface area contributed by atoms with E-state index < -0.39 is 8.32 Å². The van der Waals surface area contributed by atoms with E-state index in [1.54, 1.807) is 0 Å². The lowest BCUT2D eigenvalue weighted by Crippen LogP contribution is -2.45. The third-order valence-corrected chi connectivity index (χ3v) is 6.75. The first kappa shape index (κ1) is 12.1. The van der Waals surface area contributed by atoms with Crippen LogP contribution in [0.15, 0.2) is 0 Å². The lowest BCUT2D eigenvalue weighted by Gasteiger charge is -2.35. The van der Waals surface area contributed by atoms with Crippen LogP contribution >= 0.6 is 0 Å². The van der Waals surface area contributed by atoms with E-state index in [1.807, 2.05) is 0 Å². The third kappa shape index (κ3) is 3.69. The minimum Gasteiger partial charge on any atom is -0.345 e. The summed E-state index contributed by atoms with van der Waals surface area (Å²) in [6, 6.07) is 0. The van der Waals surface area contributed by atoms with E-state index in [4.69, 9.17) is 4.53 Å². The number of hydroxylamine groups is 1. The van der Waals surface area contributed by atoms with Gasteiger partial charge in [0.1, 0.15) is 0 Å². The third-order valence-electron chi connectivity index (χ3n) is 2.49. The van der Waals surface area contributed by atoms with Crippen molar-refractivity contribution in [3.63, 3.8) is 0 Å². The summed E-state index contributed by atoms with van der Waals surface area (Å²) in [5.74, 6) is 0. The number of nitrogens with one attached hydrogen (secondary N) is 1. The van der Waals surface area contributed by atoms with Gasteiger partial charge in [-0.1, -0.05) is 27.7 Å². The molecule has 1 N–H and O–H groups in total. The van der Waals surface area contributed by atoms with Gasteiger partial charge in [0.15, 0.2) is 0 Å². The Hall–Kier alpha value is 0.137. The van der Waals surface area contributed by atoms with Crippen molar-refractivity contribution in [2.75, 3.05) is 6.54 Å². The number of hydrogen-bond acceptors (Lipinski definition) is 2. The second kappa shape index (κ2) is 4.39. The zero-order chi connectivity index (χ0) is 9.83. The lowest BCUT2D eigenvalue weighted by atomic mass is 10.2. The second-order valence-electron chi connectivity index (χ2n) is 4.76. The highest BCUT2D eigenvalue weighted by molar-refractivity contribution is 6.74. The zero-order valence-electron chi connectivity index (χ0n) is 9.32. The molecule has 3 heteroatoms. The fourth-order valence-corrected chi connectivity index (χ4v) is 1.26. The van der Waals surface area contributed by atoms with Gasteiger partial charge in [-0.2, -0.15) is 0 Å². The van der Waals surface area contributed by atoms with Crippen LogP contribution in [0.1, 0.15) is 34.1 Å². The highest BCUT2D eigenvalue weighted by Crippen LogP contribution is 2.35. The van der Waals surface area contributed by atoms with Crippen molar-refractivity contribution in [3.05, 3.63) is 0 Å². The summed E-state index contributed by atoms with van der Waals surface area (Å²) in [5.41, 5.74) is 3.04. The van der Waals surface area contributed by atoms with Gasteiger partial charge >= 0.3 is 0 Å². The minimum absolute atomic E-state index is 0.299. The SMILES string of the molecule is CCCNO[Si](C)(C)C(C)(C)C. The monoisotopic (exact) mass is 189 g/mol. The molecule has 0 aromatic rings. The van der Waals surface area contributed by atoms with Gasteiger partial charge in [-0.3, -0.25) is 0 Å². The van der Waals surface area contributed by atoms with Gasteiger partial charge in [-0.15, -0.1) is 0 Å². The summed E-state index contributed by atoms with van der Waals surface area (Å²) >= 11 is 0. The molecule has 0 fully saturated rings. The van der Waals surface area contributed by atoms with E-state index in [0.717, 1.165) is 13.0 Å². The van der Waals surface area contributed by atoms with Crippen LogP contribution < -0.4 is 5.48 Å². The Balaban J connectivity index is 3.88. The van der Waals surface area contributed by atoms with Gasteiger partial charge in [0.25, 0.3) is 0 Å². The smallest absolute Gasteiger partial charge is 0.219 e. The maximum absolute atomic E-state index is 5.72. The molecule has 0 saturated carbocycles. The second-order valence-corrected chi connectivity index (χ2v) is 9.48. The van der Waals surface area contributed by atoms with Gasteiger partial charge in [0.2, 0.25) is 8.32 Å². The maximum atomic E-state index is 5.72. The normalized spacial score (nSPS) is 13.5. The predicted octanol–water partition coefficient (Wildman–Crippen LogP) is 2.92. The molecule has 0 bridgehead atoms. The molecule has 74 valence electrons. The molecule has 0 aliphatic heterocycles. The van der Waals surface area contributed by atoms with Gasteiger partial charge in [0, 0.05) is 6.54 Å². The first-order chi connectivity index (χ1) is 5.31. The molecule has 0 aliphatic carbocycles. The Morgan fingerprint density at radius 3 is 2.08 bits per heavy atom. The van der Waals surface area contributed by atoms with Crippen LogP contribution in [-0.4, -0.2) is 14.9 Å². The molecule has 0 aromatic heterocycles. The van der Waals surface area contributed by atoms with Crippen LogP contribution in [0.5, 0.6) is 0 Å². The average Bonchev–Trinajstić information content (AvgIpc) is 1.85. The average molecular weight is 189 g/mol. The van der Waals surface area contributed by atoms with E-state index in [-0.39, 0.29) is 0 Å². The van der Waals surface area contributed by atoms with E-state index >= 15 is 0 Å². The molecule has 0 aromatic carbocycles. The summed E-state index contributed by atoms with van der Waals surface area (Å²) < 4.78 is 5.72. The van der Waals surface area contributed by atoms with Crippen LogP contribution in [0.3, 0.4) is 0 Å². The summed E-state index contributed by atoms with van der Waals surface area (Å²) in [6.45, 7) is 14.3. The van der Waals surface area contributed by atoms with Crippen molar-refractivity contribution in [3.8, 4) is 0 Å². The molecule has 0 aliphatic rings. The van der Waals surface area contributed by atoms with Crippen LogP contribution in [0.25, 0.3) is 0 Å². The maximum Gasteiger partial charge on any atom is 0.219 e. The van der Waals surface area contributed by atoms with Crippen LogP contribution in [0.4, 0.5) is 0 Å². The molecule has 0 spiro atoms. The van der Waals surface area contributed by atoms with E-state index in [9.17, 15) is 0 Å². The van der Waals surface area contributed by atoms with E-state index in [1.165, 1.54) is 0 Å². The molecule has 0 atom stereocenters. The number of hydrogen-bond donors (Lipinski definition) is 1. The van der Waals surface area contributed by atoms with Crippen molar-refractivity contribution in [2.24, 2.45) is 0 Å². The van der Waals surface area contributed by atoms with Crippen molar-refractivity contribution in [1.82, 2.24) is 5.48 Å². The van der Waals surface area contributed by atoms with Gasteiger partial charge in [0.05, 0.1) is 0 Å². The molecule has 2 nitrogen and oxygen atoms in total. The molecule has 0 radical (unpaired) electrons. The van der Waals surface area contributed by atoms with Gasteiger partial charge in [-0.05, 0) is 24.6 Å². The molecule has 0 unspecified atom stereocenters. The fraction of sp³-hybridized carbons (Fsp3) is 1.00. The van der Waals surface area contributed by atoms with Crippen molar-refractivity contribution >= 4 is 8.32 Å². The molecule has 0 amide bonds. The Bertz CT molecular complexity index is 129. The first-order valence-electron chi connectivity index (χ1n) is 4.72. The predicted molar refractivity (Wildman–Crippen MR) is 56.6 cm³/mol. The van der Waals surface area contributed by atoms with Crippen LogP contribution in [0, 0.1) is 0 Å². The Labute approximate surface area is 77.8 Å². The van der Waals surface area contributed by atoms with E-state index in [2.05, 4.69) is 46.3 Å². The Kier molecular flexibility index (Phi) is 4.44. The Morgan fingerprint density at radius 2 is 1.75 bits per heavy atom. The summed E-state index contributed by atoms with van der Waals surface area (Å²) in [7, 11) is -1.55. The topological polar surface area (TPSA) is 21.3 Å². The zero-order valence-corrected chi connectivity index (χ0v) is 10.3. The van der Waals surface area contributed by atoms with Crippen molar-refractivity contribution < 1.29 is 4.53 Å². The summed E-state index contributed by atoms with van der Waals surface area (Å²) in [4.78, 5) is 0. The largest absolute Gasteiger partial charge is 0.345 e. The van der Waals surface area contributed by atoms with Gasteiger partial charge in [-0.25, -0.2) is 5.48 Å². The molecule has 12 heavy (non-hydrogen) atoms. The molecule has 0 rings (SSSR count). The first-order valence-corrected chi connectivity index (χ1v) is 7.63. The molecule has 0 saturated heterocycles. The Morgan fingerprint density at radius 1 is 1.25 bits per heavy atom.